The molecule has 0 aliphatic carbocycles. The average Bonchev–Trinajstić information content (AvgIpc) is 3.45. The van der Waals surface area contributed by atoms with Crippen LogP contribution in [-0.4, -0.2) is 37.7 Å². The Morgan fingerprint density at radius 3 is 2.77 bits per heavy atom. The van der Waals surface area contributed by atoms with E-state index in [1.54, 1.807) is 0 Å². The molecule has 31 heavy (non-hydrogen) atoms. The van der Waals surface area contributed by atoms with Crippen LogP contribution in [0, 0.1) is 0 Å². The molecule has 0 spiro atoms. The second-order valence-corrected chi connectivity index (χ2v) is 7.55. The van der Waals surface area contributed by atoms with Crippen LogP contribution in [0.2, 0.25) is 0 Å². The van der Waals surface area contributed by atoms with E-state index < -0.39 is 0 Å². The standard InChI is InChI=1S/C22H22N6O2S/c1-2-30-19-12-7-6-11-17(19)18-15-31-22(23-18)24-20(29)13-8-14-28-26-21(25-27-28)16-9-4-3-5-10-16/h3-7,9-12,15H,2,8,13-14H2,1H3,(H,23,24,29). The number of benzene rings is 2. The van der Waals surface area contributed by atoms with Crippen LogP contribution in [0.3, 0.4) is 0 Å². The number of hydrogen-bond donors (Lipinski definition) is 1. The number of para-hydroxylation sites is 1. The van der Waals surface area contributed by atoms with E-state index in [1.807, 2.05) is 66.9 Å². The van der Waals surface area contributed by atoms with Crippen molar-refractivity contribution in [3.63, 3.8) is 0 Å². The molecule has 0 saturated carbocycles. The largest absolute Gasteiger partial charge is 0.493 e. The van der Waals surface area contributed by atoms with Crippen LogP contribution in [0.5, 0.6) is 5.75 Å². The highest BCUT2D eigenvalue weighted by Crippen LogP contribution is 2.32. The van der Waals surface area contributed by atoms with Gasteiger partial charge in [-0.3, -0.25) is 4.79 Å². The Morgan fingerprint density at radius 2 is 1.94 bits per heavy atom. The van der Waals surface area contributed by atoms with E-state index in [-0.39, 0.29) is 5.91 Å². The van der Waals surface area contributed by atoms with Crippen molar-refractivity contribution in [2.24, 2.45) is 0 Å². The maximum Gasteiger partial charge on any atom is 0.226 e. The van der Waals surface area contributed by atoms with E-state index in [1.165, 1.54) is 16.1 Å². The van der Waals surface area contributed by atoms with Gasteiger partial charge in [0.05, 0.1) is 18.8 Å². The fourth-order valence-corrected chi connectivity index (χ4v) is 3.74. The Bertz CT molecular complexity index is 1140. The second-order valence-electron chi connectivity index (χ2n) is 6.69. The van der Waals surface area contributed by atoms with Gasteiger partial charge >= 0.3 is 0 Å². The molecule has 8 nitrogen and oxygen atoms in total. The average molecular weight is 435 g/mol. The molecule has 0 atom stereocenters. The van der Waals surface area contributed by atoms with Gasteiger partial charge in [0.15, 0.2) is 5.13 Å². The summed E-state index contributed by atoms with van der Waals surface area (Å²) in [5.74, 6) is 1.26. The molecule has 0 bridgehead atoms. The minimum atomic E-state index is -0.0950. The summed E-state index contributed by atoms with van der Waals surface area (Å²) in [6.07, 6.45) is 0.939. The van der Waals surface area contributed by atoms with Crippen LogP contribution >= 0.6 is 11.3 Å². The van der Waals surface area contributed by atoms with E-state index in [0.29, 0.717) is 36.9 Å². The van der Waals surface area contributed by atoms with Crippen molar-refractivity contribution >= 4 is 22.4 Å². The second kappa shape index (κ2) is 9.94. The van der Waals surface area contributed by atoms with Crippen LogP contribution in [0.1, 0.15) is 19.8 Å². The Labute approximate surface area is 183 Å². The van der Waals surface area contributed by atoms with Gasteiger partial charge < -0.3 is 10.1 Å². The van der Waals surface area contributed by atoms with E-state index in [4.69, 9.17) is 4.74 Å². The molecule has 2 aromatic heterocycles. The normalized spacial score (nSPS) is 10.7. The van der Waals surface area contributed by atoms with Crippen LogP contribution in [-0.2, 0) is 11.3 Å². The van der Waals surface area contributed by atoms with Gasteiger partial charge in [0.25, 0.3) is 0 Å². The lowest BCUT2D eigenvalue weighted by atomic mass is 10.1. The number of aromatic nitrogens is 5. The molecule has 0 fully saturated rings. The number of amides is 1. The predicted molar refractivity (Wildman–Crippen MR) is 120 cm³/mol. The molecular weight excluding hydrogens is 412 g/mol. The quantitative estimate of drug-likeness (QED) is 0.422. The number of anilines is 1. The summed E-state index contributed by atoms with van der Waals surface area (Å²) in [4.78, 5) is 18.4. The summed E-state index contributed by atoms with van der Waals surface area (Å²) in [7, 11) is 0. The molecule has 0 aliphatic heterocycles. The van der Waals surface area contributed by atoms with Crippen LogP contribution in [0.15, 0.2) is 60.0 Å². The molecule has 2 heterocycles. The zero-order valence-electron chi connectivity index (χ0n) is 17.1. The maximum atomic E-state index is 12.3. The van der Waals surface area contributed by atoms with Crippen molar-refractivity contribution in [2.75, 3.05) is 11.9 Å². The third-order valence-electron chi connectivity index (χ3n) is 4.46. The van der Waals surface area contributed by atoms with Crippen molar-refractivity contribution in [3.8, 4) is 28.4 Å². The smallest absolute Gasteiger partial charge is 0.226 e. The lowest BCUT2D eigenvalue weighted by Crippen LogP contribution is -2.13. The number of rotatable bonds is 9. The highest BCUT2D eigenvalue weighted by atomic mass is 32.1. The highest BCUT2D eigenvalue weighted by Gasteiger charge is 2.12. The summed E-state index contributed by atoms with van der Waals surface area (Å²) in [6.45, 7) is 3.04. The molecule has 4 aromatic rings. The SMILES string of the molecule is CCOc1ccccc1-c1csc(NC(=O)CCCn2nnc(-c3ccccc3)n2)n1. The summed E-state index contributed by atoms with van der Waals surface area (Å²) in [5.41, 5.74) is 2.61. The molecule has 0 radical (unpaired) electrons. The zero-order valence-corrected chi connectivity index (χ0v) is 17.9. The van der Waals surface area contributed by atoms with Crippen molar-refractivity contribution in [1.82, 2.24) is 25.2 Å². The topological polar surface area (TPSA) is 94.8 Å². The lowest BCUT2D eigenvalue weighted by Gasteiger charge is -2.07. The fourth-order valence-electron chi connectivity index (χ4n) is 3.02. The summed E-state index contributed by atoms with van der Waals surface area (Å²) in [5, 5.41) is 17.8. The summed E-state index contributed by atoms with van der Waals surface area (Å²) in [6, 6.07) is 17.4. The maximum absolute atomic E-state index is 12.3. The number of nitrogens with zero attached hydrogens (tertiary/aromatic N) is 5. The third kappa shape index (κ3) is 5.32. The number of carbonyl (C=O) groups excluding carboxylic acids is 1. The van der Waals surface area contributed by atoms with E-state index >= 15 is 0 Å². The first-order valence-corrected chi connectivity index (χ1v) is 10.9. The van der Waals surface area contributed by atoms with Crippen LogP contribution in [0.25, 0.3) is 22.6 Å². The minimum absolute atomic E-state index is 0.0950. The first-order chi connectivity index (χ1) is 15.2. The Kier molecular flexibility index (Phi) is 6.63. The monoisotopic (exact) mass is 434 g/mol. The molecule has 1 N–H and O–H groups in total. The van der Waals surface area contributed by atoms with Crippen molar-refractivity contribution < 1.29 is 9.53 Å². The molecule has 0 aliphatic rings. The predicted octanol–water partition coefficient (Wildman–Crippen LogP) is 4.28. The van der Waals surface area contributed by atoms with Gasteiger partial charge in [-0.15, -0.1) is 21.5 Å². The lowest BCUT2D eigenvalue weighted by molar-refractivity contribution is -0.116. The number of tetrazole rings is 1. The van der Waals surface area contributed by atoms with Crippen molar-refractivity contribution in [2.45, 2.75) is 26.3 Å². The minimum Gasteiger partial charge on any atom is -0.493 e. The molecular formula is C22H22N6O2S. The molecule has 4 rings (SSSR count). The number of carbonyl (C=O) groups is 1. The van der Waals surface area contributed by atoms with Crippen LogP contribution < -0.4 is 10.1 Å². The molecule has 1 amide bonds. The molecule has 9 heteroatoms. The summed E-state index contributed by atoms with van der Waals surface area (Å²) >= 11 is 1.39. The van der Waals surface area contributed by atoms with Crippen molar-refractivity contribution in [3.05, 3.63) is 60.0 Å². The number of ether oxygens (including phenoxy) is 1. The van der Waals surface area contributed by atoms with Crippen LogP contribution in [0.4, 0.5) is 5.13 Å². The molecule has 158 valence electrons. The fraction of sp³-hybridized carbons (Fsp3) is 0.227. The first-order valence-electron chi connectivity index (χ1n) is 10.0. The number of hydrogen-bond acceptors (Lipinski definition) is 7. The highest BCUT2D eigenvalue weighted by molar-refractivity contribution is 7.14. The molecule has 2 aromatic carbocycles. The third-order valence-corrected chi connectivity index (χ3v) is 5.22. The Hall–Kier alpha value is -3.59. The number of nitrogens with one attached hydrogen (secondary N) is 1. The number of aryl methyl sites for hydroxylation is 1. The molecule has 0 saturated heterocycles. The Morgan fingerprint density at radius 1 is 1.13 bits per heavy atom. The number of thiazole rings is 1. The van der Waals surface area contributed by atoms with Gasteiger partial charge in [-0.05, 0) is 30.7 Å². The van der Waals surface area contributed by atoms with Gasteiger partial charge in [0.1, 0.15) is 5.75 Å². The zero-order chi connectivity index (χ0) is 21.5. The van der Waals surface area contributed by atoms with Gasteiger partial charge in [-0.25, -0.2) is 4.98 Å². The van der Waals surface area contributed by atoms with Crippen molar-refractivity contribution in [1.29, 1.82) is 0 Å². The molecule has 0 unspecified atom stereocenters. The first kappa shape index (κ1) is 20.7. The van der Waals surface area contributed by atoms with Gasteiger partial charge in [0.2, 0.25) is 11.7 Å². The van der Waals surface area contributed by atoms with Gasteiger partial charge in [0, 0.05) is 22.9 Å². The van der Waals surface area contributed by atoms with E-state index in [9.17, 15) is 4.79 Å². The van der Waals surface area contributed by atoms with E-state index in [2.05, 4.69) is 25.7 Å². The van der Waals surface area contributed by atoms with Gasteiger partial charge in [-0.1, -0.05) is 42.5 Å². The van der Waals surface area contributed by atoms with Gasteiger partial charge in [-0.2, -0.15) is 4.80 Å². The Balaban J connectivity index is 1.29. The summed E-state index contributed by atoms with van der Waals surface area (Å²) < 4.78 is 5.66. The van der Waals surface area contributed by atoms with E-state index in [0.717, 1.165) is 22.6 Å².